The summed E-state index contributed by atoms with van der Waals surface area (Å²) < 4.78 is 0. The maximum atomic E-state index is 11.7. The van der Waals surface area contributed by atoms with Crippen molar-refractivity contribution in [1.29, 1.82) is 0 Å². The Balaban J connectivity index is 2.21. The molecule has 1 atom stereocenters. The smallest absolute Gasteiger partial charge is 0.222 e. The average Bonchev–Trinajstić information content (AvgIpc) is 2.27. The molecule has 0 bridgehead atoms. The molecule has 1 fully saturated rings. The fraction of sp³-hybridized carbons (Fsp3) is 0.923. The molecular weight excluding hydrogens is 202 g/mol. The normalized spacial score (nSPS) is 19.4. The molecule has 1 unspecified atom stereocenters. The number of carbonyl (C=O) groups excluding carboxylic acids is 1. The van der Waals surface area contributed by atoms with Crippen molar-refractivity contribution in [2.75, 3.05) is 13.6 Å². The Morgan fingerprint density at radius 2 is 2.00 bits per heavy atom. The van der Waals surface area contributed by atoms with Crippen molar-refractivity contribution in [3.05, 3.63) is 0 Å². The molecule has 0 radical (unpaired) electrons. The molecule has 0 aromatic carbocycles. The number of aliphatic hydroxyl groups is 1. The highest BCUT2D eigenvalue weighted by molar-refractivity contribution is 5.75. The van der Waals surface area contributed by atoms with Crippen LogP contribution in [0, 0.1) is 5.92 Å². The van der Waals surface area contributed by atoms with E-state index in [4.69, 9.17) is 5.11 Å². The first-order chi connectivity index (χ1) is 7.59. The lowest BCUT2D eigenvalue weighted by Crippen LogP contribution is -2.32. The summed E-state index contributed by atoms with van der Waals surface area (Å²) in [5, 5.41) is 9.13. The first-order valence-electron chi connectivity index (χ1n) is 6.51. The number of amides is 1. The summed E-state index contributed by atoms with van der Waals surface area (Å²) in [7, 11) is 1.89. The van der Waals surface area contributed by atoms with Gasteiger partial charge in [-0.3, -0.25) is 4.79 Å². The molecule has 1 rings (SSSR count). The molecule has 0 heterocycles. The quantitative estimate of drug-likeness (QED) is 0.782. The van der Waals surface area contributed by atoms with E-state index in [0.29, 0.717) is 18.8 Å². The molecule has 1 aliphatic rings. The molecule has 1 aliphatic carbocycles. The summed E-state index contributed by atoms with van der Waals surface area (Å²) in [5.74, 6) is 0.876. The van der Waals surface area contributed by atoms with Crippen LogP contribution in [-0.4, -0.2) is 35.6 Å². The second-order valence-corrected chi connectivity index (χ2v) is 5.17. The third kappa shape index (κ3) is 4.97. The van der Waals surface area contributed by atoms with E-state index in [-0.39, 0.29) is 12.0 Å². The Morgan fingerprint density at radius 3 is 2.56 bits per heavy atom. The second-order valence-electron chi connectivity index (χ2n) is 5.17. The van der Waals surface area contributed by atoms with Gasteiger partial charge in [0.05, 0.1) is 6.10 Å². The van der Waals surface area contributed by atoms with E-state index in [9.17, 15) is 4.79 Å². The van der Waals surface area contributed by atoms with Crippen LogP contribution in [0.5, 0.6) is 0 Å². The van der Waals surface area contributed by atoms with E-state index in [1.165, 1.54) is 32.1 Å². The predicted octanol–water partition coefficient (Wildman–Crippen LogP) is 2.19. The molecular formula is C13H25NO2. The highest BCUT2D eigenvalue weighted by Gasteiger charge is 2.18. The van der Waals surface area contributed by atoms with Crippen LogP contribution in [0.3, 0.4) is 0 Å². The van der Waals surface area contributed by atoms with Gasteiger partial charge in [-0.1, -0.05) is 19.3 Å². The van der Waals surface area contributed by atoms with Crippen molar-refractivity contribution in [2.45, 2.75) is 58.0 Å². The minimum Gasteiger partial charge on any atom is -0.393 e. The zero-order valence-electron chi connectivity index (χ0n) is 10.6. The maximum Gasteiger partial charge on any atom is 0.222 e. The Bertz CT molecular complexity index is 210. The molecule has 0 aliphatic heterocycles. The molecule has 1 N–H and O–H groups in total. The van der Waals surface area contributed by atoms with Crippen LogP contribution in [0.1, 0.15) is 51.9 Å². The van der Waals surface area contributed by atoms with Gasteiger partial charge in [-0.15, -0.1) is 0 Å². The summed E-state index contributed by atoms with van der Waals surface area (Å²) in [6.45, 7) is 2.63. The molecule has 16 heavy (non-hydrogen) atoms. The van der Waals surface area contributed by atoms with Crippen LogP contribution >= 0.6 is 0 Å². The minimum absolute atomic E-state index is 0.173. The number of nitrogens with zero attached hydrogens (tertiary/aromatic N) is 1. The van der Waals surface area contributed by atoms with Crippen LogP contribution in [0.15, 0.2) is 0 Å². The maximum absolute atomic E-state index is 11.7. The molecule has 0 spiro atoms. The molecule has 0 aromatic rings. The molecule has 1 amide bonds. The average molecular weight is 227 g/mol. The Hall–Kier alpha value is -0.570. The predicted molar refractivity (Wildman–Crippen MR) is 65.1 cm³/mol. The number of hydrogen-bond acceptors (Lipinski definition) is 2. The van der Waals surface area contributed by atoms with Gasteiger partial charge in [0.2, 0.25) is 5.91 Å². The van der Waals surface area contributed by atoms with E-state index in [2.05, 4.69) is 0 Å². The SMILES string of the molecule is CC(O)CCC(=O)N(C)CC1CCCCC1. The van der Waals surface area contributed by atoms with Crippen molar-refractivity contribution >= 4 is 5.91 Å². The third-order valence-corrected chi connectivity index (χ3v) is 3.46. The fourth-order valence-electron chi connectivity index (χ4n) is 2.38. The van der Waals surface area contributed by atoms with Crippen molar-refractivity contribution in [2.24, 2.45) is 5.92 Å². The van der Waals surface area contributed by atoms with Crippen LogP contribution in [0.2, 0.25) is 0 Å². The highest BCUT2D eigenvalue weighted by Crippen LogP contribution is 2.24. The van der Waals surface area contributed by atoms with Crippen molar-refractivity contribution < 1.29 is 9.90 Å². The number of aliphatic hydroxyl groups excluding tert-OH is 1. The molecule has 3 heteroatoms. The minimum atomic E-state index is -0.368. The first kappa shape index (κ1) is 13.5. The van der Waals surface area contributed by atoms with Gasteiger partial charge in [-0.25, -0.2) is 0 Å². The summed E-state index contributed by atoms with van der Waals surface area (Å²) in [6, 6.07) is 0. The van der Waals surface area contributed by atoms with Gasteiger partial charge in [0.15, 0.2) is 0 Å². The molecule has 1 saturated carbocycles. The monoisotopic (exact) mass is 227 g/mol. The largest absolute Gasteiger partial charge is 0.393 e. The van der Waals surface area contributed by atoms with E-state index in [1.807, 2.05) is 11.9 Å². The number of carbonyl (C=O) groups is 1. The molecule has 0 saturated heterocycles. The van der Waals surface area contributed by atoms with Gasteiger partial charge in [0, 0.05) is 20.0 Å². The first-order valence-corrected chi connectivity index (χ1v) is 6.51. The second kappa shape index (κ2) is 6.89. The Morgan fingerprint density at radius 1 is 1.38 bits per heavy atom. The Kier molecular flexibility index (Phi) is 5.81. The van der Waals surface area contributed by atoms with Crippen LogP contribution < -0.4 is 0 Å². The van der Waals surface area contributed by atoms with Crippen LogP contribution in [0.25, 0.3) is 0 Å². The fourth-order valence-corrected chi connectivity index (χ4v) is 2.38. The summed E-state index contributed by atoms with van der Waals surface area (Å²) >= 11 is 0. The van der Waals surface area contributed by atoms with Crippen LogP contribution in [0.4, 0.5) is 0 Å². The van der Waals surface area contributed by atoms with E-state index in [0.717, 1.165) is 6.54 Å². The summed E-state index contributed by atoms with van der Waals surface area (Å²) in [4.78, 5) is 13.6. The molecule has 94 valence electrons. The van der Waals surface area contributed by atoms with Crippen molar-refractivity contribution in [1.82, 2.24) is 4.90 Å². The third-order valence-electron chi connectivity index (χ3n) is 3.46. The van der Waals surface area contributed by atoms with Gasteiger partial charge in [0.1, 0.15) is 0 Å². The topological polar surface area (TPSA) is 40.5 Å². The van der Waals surface area contributed by atoms with E-state index < -0.39 is 0 Å². The highest BCUT2D eigenvalue weighted by atomic mass is 16.3. The summed E-state index contributed by atoms with van der Waals surface area (Å²) in [6.07, 6.45) is 7.22. The number of hydrogen-bond donors (Lipinski definition) is 1. The number of rotatable bonds is 5. The zero-order valence-corrected chi connectivity index (χ0v) is 10.6. The standard InChI is InChI=1S/C13H25NO2/c1-11(15)8-9-13(16)14(2)10-12-6-4-3-5-7-12/h11-12,15H,3-10H2,1-2H3. The van der Waals surface area contributed by atoms with E-state index >= 15 is 0 Å². The Labute approximate surface area is 98.8 Å². The van der Waals surface area contributed by atoms with Gasteiger partial charge < -0.3 is 10.0 Å². The van der Waals surface area contributed by atoms with Crippen molar-refractivity contribution in [3.63, 3.8) is 0 Å². The van der Waals surface area contributed by atoms with Gasteiger partial charge in [-0.2, -0.15) is 0 Å². The van der Waals surface area contributed by atoms with Gasteiger partial charge in [0.25, 0.3) is 0 Å². The lowest BCUT2D eigenvalue weighted by atomic mass is 9.89. The molecule has 3 nitrogen and oxygen atoms in total. The molecule has 0 aromatic heterocycles. The zero-order chi connectivity index (χ0) is 12.0. The lowest BCUT2D eigenvalue weighted by molar-refractivity contribution is -0.131. The van der Waals surface area contributed by atoms with Gasteiger partial charge >= 0.3 is 0 Å². The summed E-state index contributed by atoms with van der Waals surface area (Å²) in [5.41, 5.74) is 0. The van der Waals surface area contributed by atoms with Crippen LogP contribution in [-0.2, 0) is 4.79 Å². The van der Waals surface area contributed by atoms with Gasteiger partial charge in [-0.05, 0) is 32.1 Å². The van der Waals surface area contributed by atoms with E-state index in [1.54, 1.807) is 6.92 Å². The van der Waals surface area contributed by atoms with Crippen molar-refractivity contribution in [3.8, 4) is 0 Å². The lowest BCUT2D eigenvalue weighted by Gasteiger charge is -2.27.